The van der Waals surface area contributed by atoms with Gasteiger partial charge in [0.25, 0.3) is 5.91 Å². The van der Waals surface area contributed by atoms with E-state index in [1.54, 1.807) is 11.9 Å². The zero-order valence-electron chi connectivity index (χ0n) is 12.4. The predicted octanol–water partition coefficient (Wildman–Crippen LogP) is 0.878. The molecule has 21 heavy (non-hydrogen) atoms. The molecule has 0 aromatic carbocycles. The molecule has 1 saturated carbocycles. The van der Waals surface area contributed by atoms with E-state index in [1.807, 2.05) is 0 Å². The number of ether oxygens (including phenoxy) is 1. The molecule has 2 heterocycles. The van der Waals surface area contributed by atoms with Crippen molar-refractivity contribution < 1.29 is 18.7 Å². The Labute approximate surface area is 124 Å². The SMILES string of the molecule is CNC(=O)[C@@H]1CO[C@@H]2CCN(C(=O)C3(F)CCC3)C[C@@H]2C1. The van der Waals surface area contributed by atoms with E-state index >= 15 is 0 Å². The highest BCUT2D eigenvalue weighted by Gasteiger charge is 2.49. The lowest BCUT2D eigenvalue weighted by atomic mass is 9.79. The number of halogens is 1. The predicted molar refractivity (Wildman–Crippen MR) is 74.3 cm³/mol. The molecule has 2 aliphatic heterocycles. The fourth-order valence-electron chi connectivity index (χ4n) is 3.69. The highest BCUT2D eigenvalue weighted by atomic mass is 19.1. The average molecular weight is 298 g/mol. The molecule has 1 N–H and O–H groups in total. The molecule has 0 spiro atoms. The first kappa shape index (κ1) is 14.8. The van der Waals surface area contributed by atoms with E-state index in [0.717, 1.165) is 12.8 Å². The monoisotopic (exact) mass is 298 g/mol. The van der Waals surface area contributed by atoms with Crippen LogP contribution in [0.1, 0.15) is 32.1 Å². The second-order valence-corrected chi connectivity index (χ2v) is 6.54. The van der Waals surface area contributed by atoms with E-state index in [1.165, 1.54) is 0 Å². The van der Waals surface area contributed by atoms with Gasteiger partial charge in [0, 0.05) is 26.1 Å². The summed E-state index contributed by atoms with van der Waals surface area (Å²) in [4.78, 5) is 25.7. The molecular formula is C15H23FN2O3. The van der Waals surface area contributed by atoms with Gasteiger partial charge in [-0.25, -0.2) is 4.39 Å². The van der Waals surface area contributed by atoms with Crippen molar-refractivity contribution in [2.45, 2.75) is 43.9 Å². The minimum atomic E-state index is -1.62. The summed E-state index contributed by atoms with van der Waals surface area (Å²) < 4.78 is 20.1. The van der Waals surface area contributed by atoms with Gasteiger partial charge in [0.15, 0.2) is 5.67 Å². The van der Waals surface area contributed by atoms with E-state index in [9.17, 15) is 14.0 Å². The highest BCUT2D eigenvalue weighted by Crippen LogP contribution is 2.39. The van der Waals surface area contributed by atoms with Crippen LogP contribution in [-0.4, -0.2) is 55.2 Å². The Morgan fingerprint density at radius 3 is 2.76 bits per heavy atom. The van der Waals surface area contributed by atoms with Gasteiger partial charge < -0.3 is 15.0 Å². The molecule has 3 aliphatic rings. The molecule has 3 fully saturated rings. The van der Waals surface area contributed by atoms with Crippen LogP contribution in [0.3, 0.4) is 0 Å². The van der Waals surface area contributed by atoms with Crippen LogP contribution in [-0.2, 0) is 14.3 Å². The van der Waals surface area contributed by atoms with Crippen LogP contribution in [0.25, 0.3) is 0 Å². The number of nitrogens with zero attached hydrogens (tertiary/aromatic N) is 1. The number of carbonyl (C=O) groups excluding carboxylic acids is 2. The molecule has 0 unspecified atom stereocenters. The van der Waals surface area contributed by atoms with Gasteiger partial charge in [-0.05, 0) is 32.1 Å². The summed E-state index contributed by atoms with van der Waals surface area (Å²) in [6.45, 7) is 1.53. The lowest BCUT2D eigenvalue weighted by molar-refractivity contribution is -0.159. The van der Waals surface area contributed by atoms with Gasteiger partial charge in [0.1, 0.15) is 0 Å². The summed E-state index contributed by atoms with van der Waals surface area (Å²) >= 11 is 0. The molecular weight excluding hydrogens is 275 g/mol. The van der Waals surface area contributed by atoms with Crippen LogP contribution in [0, 0.1) is 11.8 Å². The number of amides is 2. The maximum Gasteiger partial charge on any atom is 0.260 e. The van der Waals surface area contributed by atoms with Crippen LogP contribution >= 0.6 is 0 Å². The topological polar surface area (TPSA) is 58.6 Å². The number of rotatable bonds is 2. The van der Waals surface area contributed by atoms with Crippen LogP contribution < -0.4 is 5.32 Å². The highest BCUT2D eigenvalue weighted by molar-refractivity contribution is 5.86. The first-order chi connectivity index (χ1) is 10.0. The Hall–Kier alpha value is -1.17. The lowest BCUT2D eigenvalue weighted by Crippen LogP contribution is -2.57. The number of hydrogen-bond acceptors (Lipinski definition) is 3. The molecule has 118 valence electrons. The van der Waals surface area contributed by atoms with E-state index in [-0.39, 0.29) is 29.8 Å². The van der Waals surface area contributed by atoms with Gasteiger partial charge in [-0.2, -0.15) is 0 Å². The van der Waals surface area contributed by atoms with Crippen LogP contribution in [0.15, 0.2) is 0 Å². The first-order valence-corrected chi connectivity index (χ1v) is 7.85. The van der Waals surface area contributed by atoms with Crippen molar-refractivity contribution in [2.24, 2.45) is 11.8 Å². The number of likely N-dealkylation sites (tertiary alicyclic amines) is 1. The molecule has 5 nitrogen and oxygen atoms in total. The Bertz CT molecular complexity index is 439. The molecule has 3 atom stereocenters. The smallest absolute Gasteiger partial charge is 0.260 e. The van der Waals surface area contributed by atoms with Gasteiger partial charge in [-0.3, -0.25) is 9.59 Å². The molecule has 2 amide bonds. The van der Waals surface area contributed by atoms with Crippen LogP contribution in [0.5, 0.6) is 0 Å². The normalized spacial score (nSPS) is 34.6. The van der Waals surface area contributed by atoms with Crippen molar-refractivity contribution >= 4 is 11.8 Å². The molecule has 0 radical (unpaired) electrons. The zero-order valence-corrected chi connectivity index (χ0v) is 12.4. The molecule has 3 rings (SSSR count). The van der Waals surface area contributed by atoms with Crippen LogP contribution in [0.4, 0.5) is 4.39 Å². The number of carbonyl (C=O) groups is 2. The van der Waals surface area contributed by atoms with Crippen molar-refractivity contribution in [3.05, 3.63) is 0 Å². The molecule has 0 bridgehead atoms. The van der Waals surface area contributed by atoms with Gasteiger partial charge in [0.2, 0.25) is 5.91 Å². The largest absolute Gasteiger partial charge is 0.377 e. The summed E-state index contributed by atoms with van der Waals surface area (Å²) in [7, 11) is 1.62. The zero-order chi connectivity index (χ0) is 15.0. The molecule has 2 saturated heterocycles. The summed E-state index contributed by atoms with van der Waals surface area (Å²) in [5.41, 5.74) is -1.62. The number of alkyl halides is 1. The first-order valence-electron chi connectivity index (χ1n) is 7.85. The number of piperidine rings is 1. The maximum absolute atomic E-state index is 14.3. The number of fused-ring (bicyclic) bond motifs is 1. The third-order valence-corrected chi connectivity index (χ3v) is 5.20. The average Bonchev–Trinajstić information content (AvgIpc) is 2.49. The molecule has 1 aliphatic carbocycles. The second-order valence-electron chi connectivity index (χ2n) is 6.54. The fourth-order valence-corrected chi connectivity index (χ4v) is 3.69. The Balaban J connectivity index is 1.62. The van der Waals surface area contributed by atoms with Crippen molar-refractivity contribution in [3.63, 3.8) is 0 Å². The summed E-state index contributed by atoms with van der Waals surface area (Å²) in [6, 6.07) is 0. The van der Waals surface area contributed by atoms with Gasteiger partial charge in [-0.15, -0.1) is 0 Å². The molecule has 0 aromatic heterocycles. The number of hydrogen-bond donors (Lipinski definition) is 1. The van der Waals surface area contributed by atoms with E-state index < -0.39 is 5.67 Å². The Morgan fingerprint density at radius 2 is 2.14 bits per heavy atom. The molecule has 6 heteroatoms. The summed E-state index contributed by atoms with van der Waals surface area (Å²) in [5.74, 6) is -0.385. The van der Waals surface area contributed by atoms with Crippen LogP contribution in [0.2, 0.25) is 0 Å². The standard InChI is InChI=1S/C15H23FN2O3/c1-17-13(19)11-7-10-8-18(6-3-12(10)21-9-11)14(20)15(16)4-2-5-15/h10-12H,2-9H2,1H3,(H,17,19)/t10-,11-,12+/m0/s1. The summed E-state index contributed by atoms with van der Waals surface area (Å²) in [6.07, 6.45) is 3.07. The second kappa shape index (κ2) is 5.55. The van der Waals surface area contributed by atoms with Crippen molar-refractivity contribution in [2.75, 3.05) is 26.7 Å². The van der Waals surface area contributed by atoms with Gasteiger partial charge in [-0.1, -0.05) is 0 Å². The fraction of sp³-hybridized carbons (Fsp3) is 0.867. The lowest BCUT2D eigenvalue weighted by Gasteiger charge is -2.45. The summed E-state index contributed by atoms with van der Waals surface area (Å²) in [5, 5.41) is 2.65. The Kier molecular flexibility index (Phi) is 3.90. The minimum absolute atomic E-state index is 0.0159. The molecule has 0 aromatic rings. The van der Waals surface area contributed by atoms with Gasteiger partial charge >= 0.3 is 0 Å². The van der Waals surface area contributed by atoms with E-state index in [4.69, 9.17) is 4.74 Å². The number of nitrogens with one attached hydrogen (secondary N) is 1. The maximum atomic E-state index is 14.3. The van der Waals surface area contributed by atoms with Crippen molar-refractivity contribution in [3.8, 4) is 0 Å². The van der Waals surface area contributed by atoms with E-state index in [2.05, 4.69) is 5.32 Å². The Morgan fingerprint density at radius 1 is 1.38 bits per heavy atom. The third kappa shape index (κ3) is 2.65. The quantitative estimate of drug-likeness (QED) is 0.823. The minimum Gasteiger partial charge on any atom is -0.377 e. The van der Waals surface area contributed by atoms with Gasteiger partial charge in [0.05, 0.1) is 18.6 Å². The van der Waals surface area contributed by atoms with Crippen molar-refractivity contribution in [1.82, 2.24) is 10.2 Å². The van der Waals surface area contributed by atoms with Crippen molar-refractivity contribution in [1.29, 1.82) is 0 Å². The third-order valence-electron chi connectivity index (χ3n) is 5.20. The van der Waals surface area contributed by atoms with E-state index in [0.29, 0.717) is 39.0 Å².